The van der Waals surface area contributed by atoms with Crippen LogP contribution in [0.15, 0.2) is 24.3 Å². The van der Waals surface area contributed by atoms with Gasteiger partial charge in [-0.1, -0.05) is 23.7 Å². The summed E-state index contributed by atoms with van der Waals surface area (Å²) in [6.45, 7) is 3.12. The Morgan fingerprint density at radius 1 is 1.43 bits per heavy atom. The summed E-state index contributed by atoms with van der Waals surface area (Å²) in [5.41, 5.74) is 0.699. The van der Waals surface area contributed by atoms with E-state index in [1.165, 1.54) is 0 Å². The number of halogens is 1. The number of benzene rings is 1. The molecular weight excluding hydrogens is 316 g/mol. The third-order valence-electron chi connectivity index (χ3n) is 4.11. The van der Waals surface area contributed by atoms with E-state index >= 15 is 0 Å². The molecule has 0 saturated carbocycles. The van der Waals surface area contributed by atoms with Crippen molar-refractivity contribution in [3.63, 3.8) is 0 Å². The third kappa shape index (κ3) is 3.23. The van der Waals surface area contributed by atoms with Crippen molar-refractivity contribution in [3.05, 3.63) is 40.9 Å². The highest BCUT2D eigenvalue weighted by molar-refractivity contribution is 6.32. The number of aromatic nitrogens is 3. The SMILES string of the molecule is Cc1nc(C(=O)N2CCCC(CO)C2)nn1-c1ccccc1Cl. The summed E-state index contributed by atoms with van der Waals surface area (Å²) >= 11 is 6.19. The first-order valence-electron chi connectivity index (χ1n) is 7.69. The zero-order chi connectivity index (χ0) is 16.4. The number of para-hydroxylation sites is 1. The van der Waals surface area contributed by atoms with Gasteiger partial charge in [-0.3, -0.25) is 4.79 Å². The molecule has 1 aliphatic rings. The van der Waals surface area contributed by atoms with Crippen LogP contribution in [0.2, 0.25) is 5.02 Å². The fraction of sp³-hybridized carbons (Fsp3) is 0.438. The van der Waals surface area contributed by atoms with Crippen molar-refractivity contribution in [3.8, 4) is 5.69 Å². The Hall–Kier alpha value is -1.92. The van der Waals surface area contributed by atoms with Crippen LogP contribution < -0.4 is 0 Å². The van der Waals surface area contributed by atoms with Crippen LogP contribution in [-0.4, -0.2) is 50.4 Å². The maximum Gasteiger partial charge on any atom is 0.293 e. The van der Waals surface area contributed by atoms with Gasteiger partial charge in [-0.15, -0.1) is 5.10 Å². The Labute approximate surface area is 139 Å². The lowest BCUT2D eigenvalue weighted by Crippen LogP contribution is -2.41. The molecule has 0 aliphatic carbocycles. The van der Waals surface area contributed by atoms with Crippen LogP contribution in [0.4, 0.5) is 0 Å². The van der Waals surface area contributed by atoms with E-state index in [9.17, 15) is 9.90 Å². The molecule has 1 aromatic carbocycles. The first-order chi connectivity index (χ1) is 11.1. The summed E-state index contributed by atoms with van der Waals surface area (Å²) in [7, 11) is 0. The number of piperidine rings is 1. The molecule has 3 rings (SSSR count). The Balaban J connectivity index is 1.86. The normalized spacial score (nSPS) is 18.2. The van der Waals surface area contributed by atoms with E-state index in [0.717, 1.165) is 12.8 Å². The second-order valence-corrected chi connectivity index (χ2v) is 6.20. The number of aryl methyl sites for hydroxylation is 1. The Morgan fingerprint density at radius 2 is 2.22 bits per heavy atom. The van der Waals surface area contributed by atoms with Gasteiger partial charge in [0.2, 0.25) is 5.82 Å². The number of carbonyl (C=O) groups excluding carboxylic acids is 1. The smallest absolute Gasteiger partial charge is 0.293 e. The lowest BCUT2D eigenvalue weighted by atomic mass is 9.99. The maximum atomic E-state index is 12.6. The molecule has 23 heavy (non-hydrogen) atoms. The summed E-state index contributed by atoms with van der Waals surface area (Å²) < 4.78 is 1.59. The van der Waals surface area contributed by atoms with Gasteiger partial charge in [0.05, 0.1) is 10.7 Å². The van der Waals surface area contributed by atoms with Crippen molar-refractivity contribution in [2.24, 2.45) is 5.92 Å². The first-order valence-corrected chi connectivity index (χ1v) is 8.06. The molecule has 1 N–H and O–H groups in total. The fourth-order valence-electron chi connectivity index (χ4n) is 2.87. The molecule has 7 heteroatoms. The highest BCUT2D eigenvalue weighted by Crippen LogP contribution is 2.21. The summed E-state index contributed by atoms with van der Waals surface area (Å²) in [6, 6.07) is 7.31. The zero-order valence-corrected chi connectivity index (χ0v) is 13.7. The number of aliphatic hydroxyl groups is 1. The van der Waals surface area contributed by atoms with E-state index in [0.29, 0.717) is 29.6 Å². The molecule has 6 nitrogen and oxygen atoms in total. The van der Waals surface area contributed by atoms with E-state index in [-0.39, 0.29) is 24.3 Å². The van der Waals surface area contributed by atoms with Crippen molar-refractivity contribution in [1.29, 1.82) is 0 Å². The van der Waals surface area contributed by atoms with E-state index in [1.807, 2.05) is 18.2 Å². The lowest BCUT2D eigenvalue weighted by Gasteiger charge is -2.30. The van der Waals surface area contributed by atoms with Gasteiger partial charge in [0.15, 0.2) is 0 Å². The number of nitrogens with zero attached hydrogens (tertiary/aromatic N) is 4. The summed E-state index contributed by atoms with van der Waals surface area (Å²) in [6.07, 6.45) is 1.84. The minimum absolute atomic E-state index is 0.101. The van der Waals surface area contributed by atoms with Crippen LogP contribution in [0.1, 0.15) is 29.3 Å². The van der Waals surface area contributed by atoms with Crippen molar-refractivity contribution in [2.45, 2.75) is 19.8 Å². The van der Waals surface area contributed by atoms with Gasteiger partial charge in [0.1, 0.15) is 5.82 Å². The largest absolute Gasteiger partial charge is 0.396 e. The van der Waals surface area contributed by atoms with Crippen LogP contribution in [-0.2, 0) is 0 Å². The van der Waals surface area contributed by atoms with Crippen LogP contribution in [0.5, 0.6) is 0 Å². The van der Waals surface area contributed by atoms with E-state index in [4.69, 9.17) is 11.6 Å². The van der Waals surface area contributed by atoms with Crippen LogP contribution in [0.3, 0.4) is 0 Å². The number of amides is 1. The molecule has 122 valence electrons. The number of hydrogen-bond acceptors (Lipinski definition) is 4. The van der Waals surface area contributed by atoms with Gasteiger partial charge < -0.3 is 10.0 Å². The minimum Gasteiger partial charge on any atom is -0.396 e. The number of likely N-dealkylation sites (tertiary alicyclic amines) is 1. The van der Waals surface area contributed by atoms with Gasteiger partial charge in [0.25, 0.3) is 5.91 Å². The van der Waals surface area contributed by atoms with Crippen molar-refractivity contribution in [1.82, 2.24) is 19.7 Å². The molecule has 1 aromatic heterocycles. The van der Waals surface area contributed by atoms with Crippen LogP contribution in [0, 0.1) is 12.8 Å². The molecule has 1 amide bonds. The maximum absolute atomic E-state index is 12.6. The average molecular weight is 335 g/mol. The topological polar surface area (TPSA) is 71.2 Å². The Morgan fingerprint density at radius 3 is 2.96 bits per heavy atom. The van der Waals surface area contributed by atoms with Crippen LogP contribution >= 0.6 is 11.6 Å². The van der Waals surface area contributed by atoms with E-state index < -0.39 is 0 Å². The number of rotatable bonds is 3. The third-order valence-corrected chi connectivity index (χ3v) is 4.42. The minimum atomic E-state index is -0.197. The van der Waals surface area contributed by atoms with Crippen molar-refractivity contribution >= 4 is 17.5 Å². The number of aliphatic hydroxyl groups excluding tert-OH is 1. The average Bonchev–Trinajstić information content (AvgIpc) is 2.96. The van der Waals surface area contributed by atoms with Gasteiger partial charge in [-0.05, 0) is 37.8 Å². The molecule has 1 aliphatic heterocycles. The second-order valence-electron chi connectivity index (χ2n) is 5.79. The molecule has 1 atom stereocenters. The quantitative estimate of drug-likeness (QED) is 0.932. The second kappa shape index (κ2) is 6.68. The molecule has 0 bridgehead atoms. The van der Waals surface area contributed by atoms with E-state index in [2.05, 4.69) is 10.1 Å². The monoisotopic (exact) mass is 334 g/mol. The molecule has 0 radical (unpaired) electrons. The highest BCUT2D eigenvalue weighted by atomic mass is 35.5. The lowest BCUT2D eigenvalue weighted by molar-refractivity contribution is 0.0609. The molecule has 1 fully saturated rings. The summed E-state index contributed by atoms with van der Waals surface area (Å²) in [4.78, 5) is 18.6. The van der Waals surface area contributed by atoms with Gasteiger partial charge in [-0.25, -0.2) is 9.67 Å². The van der Waals surface area contributed by atoms with Gasteiger partial charge in [-0.2, -0.15) is 0 Å². The Kier molecular flexibility index (Phi) is 4.63. The fourth-order valence-corrected chi connectivity index (χ4v) is 3.09. The molecule has 1 saturated heterocycles. The predicted octanol–water partition coefficient (Wildman–Crippen LogP) is 2.07. The highest BCUT2D eigenvalue weighted by Gasteiger charge is 2.27. The van der Waals surface area contributed by atoms with Gasteiger partial charge >= 0.3 is 0 Å². The predicted molar refractivity (Wildman–Crippen MR) is 86.8 cm³/mol. The number of hydrogen-bond donors (Lipinski definition) is 1. The standard InChI is InChI=1S/C16H19ClN4O2/c1-11-18-15(16(23)20-8-4-5-12(9-20)10-22)19-21(11)14-7-3-2-6-13(14)17/h2-3,6-7,12,22H,4-5,8-10H2,1H3. The summed E-state index contributed by atoms with van der Waals surface area (Å²) in [5, 5.41) is 14.2. The first kappa shape index (κ1) is 16.0. The molecule has 0 spiro atoms. The molecule has 1 unspecified atom stereocenters. The molecule has 2 heterocycles. The zero-order valence-electron chi connectivity index (χ0n) is 12.9. The summed E-state index contributed by atoms with van der Waals surface area (Å²) in [5.74, 6) is 0.717. The van der Waals surface area contributed by atoms with Crippen molar-refractivity contribution < 1.29 is 9.90 Å². The van der Waals surface area contributed by atoms with E-state index in [1.54, 1.807) is 22.6 Å². The van der Waals surface area contributed by atoms with Gasteiger partial charge in [0, 0.05) is 19.7 Å². The molecule has 2 aromatic rings. The molecular formula is C16H19ClN4O2. The van der Waals surface area contributed by atoms with Crippen molar-refractivity contribution in [2.75, 3.05) is 19.7 Å². The number of carbonyl (C=O) groups is 1. The Bertz CT molecular complexity index is 716. The van der Waals surface area contributed by atoms with Crippen LogP contribution in [0.25, 0.3) is 5.69 Å².